The lowest BCUT2D eigenvalue weighted by atomic mass is 9.72. The topological polar surface area (TPSA) is 108 Å². The van der Waals surface area contributed by atoms with Gasteiger partial charge in [-0.15, -0.1) is 16.4 Å². The molecule has 2 aliphatic rings. The molecular formula is C21H23N7OS. The van der Waals surface area contributed by atoms with Gasteiger partial charge in [-0.1, -0.05) is 11.2 Å². The SMILES string of the molecule is CC1(c2nnc(N3CCN(c4ccccn4)CC3)o2)CCCc2sc(N)c(C#N)c21. The lowest BCUT2D eigenvalue weighted by Crippen LogP contribution is -2.47. The monoisotopic (exact) mass is 421 g/mol. The van der Waals surface area contributed by atoms with Gasteiger partial charge in [-0.3, -0.25) is 0 Å². The molecule has 1 aliphatic carbocycles. The van der Waals surface area contributed by atoms with Crippen molar-refractivity contribution in [3.05, 3.63) is 46.3 Å². The number of nitrogens with two attached hydrogens (primary N) is 1. The van der Waals surface area contributed by atoms with Gasteiger partial charge in [0.2, 0.25) is 5.89 Å². The summed E-state index contributed by atoms with van der Waals surface area (Å²) in [6.07, 6.45) is 4.63. The van der Waals surface area contributed by atoms with Crippen LogP contribution in [0.1, 0.15) is 41.7 Å². The summed E-state index contributed by atoms with van der Waals surface area (Å²) in [5.41, 5.74) is 7.20. The standard InChI is InChI=1S/C21H23N7OS/c1-21(7-4-5-15-17(21)14(13-22)18(23)30-15)19-25-26-20(29-19)28-11-9-27(10-12-28)16-6-2-3-8-24-16/h2-3,6,8H,4-5,7,9-12,23H2,1H3. The van der Waals surface area contributed by atoms with E-state index in [1.165, 1.54) is 16.2 Å². The Balaban J connectivity index is 1.38. The number of thiophene rings is 1. The Hall–Kier alpha value is -3.12. The molecular weight excluding hydrogens is 398 g/mol. The van der Waals surface area contributed by atoms with E-state index in [0.717, 1.165) is 56.8 Å². The Bertz CT molecular complexity index is 1090. The molecule has 0 radical (unpaired) electrons. The van der Waals surface area contributed by atoms with Crippen LogP contribution in [0.25, 0.3) is 0 Å². The van der Waals surface area contributed by atoms with Crippen LogP contribution in [-0.4, -0.2) is 41.4 Å². The van der Waals surface area contributed by atoms with Crippen LogP contribution in [0.4, 0.5) is 16.8 Å². The van der Waals surface area contributed by atoms with Gasteiger partial charge >= 0.3 is 6.01 Å². The highest BCUT2D eigenvalue weighted by Gasteiger charge is 2.43. The van der Waals surface area contributed by atoms with Gasteiger partial charge in [0.05, 0.1) is 11.0 Å². The number of nitriles is 1. The maximum Gasteiger partial charge on any atom is 0.318 e. The quantitative estimate of drug-likeness (QED) is 0.688. The van der Waals surface area contributed by atoms with Gasteiger partial charge < -0.3 is 20.0 Å². The number of nitrogen functional groups attached to an aromatic ring is 1. The Kier molecular flexibility index (Phi) is 4.59. The van der Waals surface area contributed by atoms with Gasteiger partial charge in [0, 0.05) is 42.8 Å². The molecule has 154 valence electrons. The van der Waals surface area contributed by atoms with Crippen molar-refractivity contribution < 1.29 is 4.42 Å². The van der Waals surface area contributed by atoms with Crippen molar-refractivity contribution in [3.63, 3.8) is 0 Å². The number of pyridine rings is 1. The van der Waals surface area contributed by atoms with Gasteiger partial charge in [0.15, 0.2) is 0 Å². The Morgan fingerprint density at radius 1 is 1.20 bits per heavy atom. The number of hydrogen-bond acceptors (Lipinski definition) is 9. The molecule has 0 bridgehead atoms. The highest BCUT2D eigenvalue weighted by Crippen LogP contribution is 2.48. The molecule has 2 N–H and O–H groups in total. The molecule has 0 amide bonds. The van der Waals surface area contributed by atoms with Crippen molar-refractivity contribution in [1.29, 1.82) is 5.26 Å². The predicted molar refractivity (Wildman–Crippen MR) is 116 cm³/mol. The zero-order valence-corrected chi connectivity index (χ0v) is 17.7. The number of aromatic nitrogens is 3. The lowest BCUT2D eigenvalue weighted by molar-refractivity contribution is 0.352. The van der Waals surface area contributed by atoms with Crippen molar-refractivity contribution in [1.82, 2.24) is 15.2 Å². The normalized spacial score (nSPS) is 21.3. The third kappa shape index (κ3) is 2.99. The fourth-order valence-corrected chi connectivity index (χ4v) is 5.73. The summed E-state index contributed by atoms with van der Waals surface area (Å²) in [6, 6.07) is 8.80. The van der Waals surface area contributed by atoms with Crippen LogP contribution in [0.15, 0.2) is 28.8 Å². The number of piperazine rings is 1. The van der Waals surface area contributed by atoms with E-state index in [2.05, 4.69) is 38.0 Å². The smallest absolute Gasteiger partial charge is 0.318 e. The van der Waals surface area contributed by atoms with Gasteiger partial charge in [-0.2, -0.15) is 5.26 Å². The van der Waals surface area contributed by atoms with Crippen LogP contribution in [-0.2, 0) is 11.8 Å². The van der Waals surface area contributed by atoms with Crippen molar-refractivity contribution in [2.24, 2.45) is 0 Å². The van der Waals surface area contributed by atoms with E-state index < -0.39 is 5.41 Å². The molecule has 1 aliphatic heterocycles. The van der Waals surface area contributed by atoms with Crippen molar-refractivity contribution in [2.75, 3.05) is 41.7 Å². The minimum Gasteiger partial charge on any atom is -0.407 e. The van der Waals surface area contributed by atoms with Crippen LogP contribution in [0.3, 0.4) is 0 Å². The molecule has 0 saturated carbocycles. The van der Waals surface area contributed by atoms with E-state index >= 15 is 0 Å². The number of hydrogen-bond donors (Lipinski definition) is 1. The highest BCUT2D eigenvalue weighted by atomic mass is 32.1. The molecule has 0 aromatic carbocycles. The number of nitrogens with zero attached hydrogens (tertiary/aromatic N) is 6. The zero-order chi connectivity index (χ0) is 20.7. The van der Waals surface area contributed by atoms with E-state index in [1.807, 2.05) is 24.4 Å². The second-order valence-electron chi connectivity index (χ2n) is 7.99. The summed E-state index contributed by atoms with van der Waals surface area (Å²) < 4.78 is 6.20. The summed E-state index contributed by atoms with van der Waals surface area (Å²) in [5, 5.41) is 19.0. The summed E-state index contributed by atoms with van der Waals surface area (Å²) in [5.74, 6) is 1.56. The average molecular weight is 422 g/mol. The molecule has 1 unspecified atom stereocenters. The fraction of sp³-hybridized carbons (Fsp3) is 0.429. The summed E-state index contributed by atoms with van der Waals surface area (Å²) in [7, 11) is 0. The van der Waals surface area contributed by atoms with Crippen LogP contribution < -0.4 is 15.5 Å². The van der Waals surface area contributed by atoms with Crippen LogP contribution in [0, 0.1) is 11.3 Å². The third-order valence-electron chi connectivity index (χ3n) is 6.16. The van der Waals surface area contributed by atoms with E-state index in [4.69, 9.17) is 10.2 Å². The van der Waals surface area contributed by atoms with Crippen molar-refractivity contribution in [3.8, 4) is 6.07 Å². The van der Waals surface area contributed by atoms with E-state index in [-0.39, 0.29) is 0 Å². The molecule has 30 heavy (non-hydrogen) atoms. The first-order chi connectivity index (χ1) is 14.6. The van der Waals surface area contributed by atoms with Crippen LogP contribution >= 0.6 is 11.3 Å². The molecule has 1 fully saturated rings. The number of fused-ring (bicyclic) bond motifs is 1. The molecule has 1 saturated heterocycles. The Morgan fingerprint density at radius 3 is 2.73 bits per heavy atom. The van der Waals surface area contributed by atoms with Crippen LogP contribution in [0.5, 0.6) is 0 Å². The average Bonchev–Trinajstić information content (AvgIpc) is 3.40. The molecule has 8 nitrogen and oxygen atoms in total. The van der Waals surface area contributed by atoms with Crippen molar-refractivity contribution in [2.45, 2.75) is 31.6 Å². The Labute approximate surface area is 178 Å². The molecule has 3 aromatic rings. The highest BCUT2D eigenvalue weighted by molar-refractivity contribution is 7.16. The zero-order valence-electron chi connectivity index (χ0n) is 16.8. The van der Waals surface area contributed by atoms with Gasteiger partial charge in [-0.05, 0) is 38.3 Å². The van der Waals surface area contributed by atoms with E-state index in [1.54, 1.807) is 0 Å². The van der Waals surface area contributed by atoms with Crippen LogP contribution in [0.2, 0.25) is 0 Å². The molecule has 1 atom stereocenters. The summed E-state index contributed by atoms with van der Waals surface area (Å²) in [4.78, 5) is 9.98. The van der Waals surface area contributed by atoms with E-state index in [9.17, 15) is 5.26 Å². The molecule has 9 heteroatoms. The molecule has 5 rings (SSSR count). The third-order valence-corrected chi connectivity index (χ3v) is 7.24. The first kappa shape index (κ1) is 18.9. The molecule has 0 spiro atoms. The number of anilines is 3. The minimum absolute atomic E-state index is 0.478. The first-order valence-electron chi connectivity index (χ1n) is 10.2. The minimum atomic E-state index is -0.478. The fourth-order valence-electron chi connectivity index (χ4n) is 4.54. The van der Waals surface area contributed by atoms with Gasteiger partial charge in [0.25, 0.3) is 0 Å². The maximum atomic E-state index is 9.66. The largest absolute Gasteiger partial charge is 0.407 e. The number of rotatable bonds is 3. The maximum absolute atomic E-state index is 9.66. The molecule has 4 heterocycles. The molecule has 3 aromatic heterocycles. The second-order valence-corrected chi connectivity index (χ2v) is 9.13. The lowest BCUT2D eigenvalue weighted by Gasteiger charge is -2.34. The Morgan fingerprint density at radius 2 is 2.00 bits per heavy atom. The van der Waals surface area contributed by atoms with Gasteiger partial charge in [0.1, 0.15) is 16.9 Å². The summed E-state index contributed by atoms with van der Waals surface area (Å²) in [6.45, 7) is 5.35. The second kappa shape index (κ2) is 7.29. The van der Waals surface area contributed by atoms with Crippen molar-refractivity contribution >= 4 is 28.2 Å². The number of aryl methyl sites for hydroxylation is 1. The predicted octanol–water partition coefficient (Wildman–Crippen LogP) is 2.95. The summed E-state index contributed by atoms with van der Waals surface area (Å²) >= 11 is 1.51. The first-order valence-corrected chi connectivity index (χ1v) is 11.0. The van der Waals surface area contributed by atoms with E-state index in [0.29, 0.717) is 22.5 Å². The van der Waals surface area contributed by atoms with Gasteiger partial charge in [-0.25, -0.2) is 4.98 Å².